The summed E-state index contributed by atoms with van der Waals surface area (Å²) in [5.74, 6) is -0.756. The average molecular weight is 347 g/mol. The van der Waals surface area contributed by atoms with Gasteiger partial charge < -0.3 is 17.0 Å². The maximum Gasteiger partial charge on any atom is 1.00 e. The predicted octanol–water partition coefficient (Wildman–Crippen LogP) is -1.97. The maximum atomic E-state index is 11.3. The van der Waals surface area contributed by atoms with Crippen LogP contribution in [-0.2, 0) is 4.79 Å². The Kier molecular flexibility index (Phi) is 9.39. The third kappa shape index (κ3) is 6.07. The van der Waals surface area contributed by atoms with Gasteiger partial charge in [-0.1, -0.05) is 23.2 Å². The van der Waals surface area contributed by atoms with Gasteiger partial charge in [0.1, 0.15) is 6.10 Å². The molecule has 1 rings (SSSR count). The molecule has 0 spiro atoms. The number of amides is 1. The topological polar surface area (TPSA) is 113 Å². The fourth-order valence-electron chi connectivity index (χ4n) is 1.50. The smallest absolute Gasteiger partial charge is 1.00 e. The van der Waals surface area contributed by atoms with Crippen LogP contribution in [0.3, 0.4) is 0 Å². The first kappa shape index (κ1) is 20.6. The Bertz CT molecular complexity index is 492. The summed E-state index contributed by atoms with van der Waals surface area (Å²) in [6.45, 7) is -0.551. The van der Waals surface area contributed by atoms with Crippen LogP contribution in [0.1, 0.15) is 13.1 Å². The summed E-state index contributed by atoms with van der Waals surface area (Å²) in [7, 11) is 0. The van der Waals surface area contributed by atoms with Crippen molar-refractivity contribution in [2.45, 2.75) is 17.0 Å². The number of hydrogen-bond acceptors (Lipinski definition) is 5. The Morgan fingerprint density at radius 1 is 1.38 bits per heavy atom. The molecule has 0 saturated heterocycles. The normalized spacial score (nSPS) is 13.2. The van der Waals surface area contributed by atoms with Crippen LogP contribution in [0.15, 0.2) is 24.3 Å². The quantitative estimate of drug-likeness (QED) is 0.239. The van der Waals surface area contributed by atoms with E-state index in [1.165, 1.54) is 24.3 Å². The summed E-state index contributed by atoms with van der Waals surface area (Å²) < 4.78 is 0. The fourth-order valence-corrected chi connectivity index (χ4v) is 1.62. The summed E-state index contributed by atoms with van der Waals surface area (Å²) in [4.78, 5) is 19.9. The minimum absolute atomic E-state index is 0. The second-order valence-electron chi connectivity index (χ2n) is 3.89. The molecule has 1 amide bonds. The van der Waals surface area contributed by atoms with Crippen molar-refractivity contribution in [2.75, 3.05) is 6.61 Å². The number of aliphatic hydroxyl groups excluding tert-OH is 2. The Labute approximate surface area is 154 Å². The third-order valence-corrected chi connectivity index (χ3v) is 2.95. The Balaban J connectivity index is 0. The van der Waals surface area contributed by atoms with Crippen LogP contribution in [0.2, 0.25) is 0 Å². The molecular weight excluding hydrogens is 334 g/mol. The number of carbonyl (C=O) groups is 1. The monoisotopic (exact) mass is 346 g/mol. The number of rotatable bonds is 6. The number of hydrogen-bond donors (Lipinski definition) is 3. The van der Waals surface area contributed by atoms with Gasteiger partial charge in [-0.25, -0.2) is 0 Å². The molecule has 0 aliphatic heterocycles. The molecule has 2 atom stereocenters. The molecule has 112 valence electrons. The van der Waals surface area contributed by atoms with Gasteiger partial charge in [0, 0.05) is 12.1 Å². The van der Waals surface area contributed by atoms with E-state index in [-0.39, 0.29) is 36.7 Å². The summed E-state index contributed by atoms with van der Waals surface area (Å²) in [6, 6.07) is 4.05. The number of benzene rings is 1. The van der Waals surface area contributed by atoms with Crippen LogP contribution < -0.4 is 34.9 Å². The van der Waals surface area contributed by atoms with Crippen molar-refractivity contribution in [1.82, 2.24) is 5.32 Å². The number of nitrogens with one attached hydrogen (secondary N) is 1. The fraction of sp³-hybridized carbons (Fsp3) is 0.364. The van der Waals surface area contributed by atoms with Crippen molar-refractivity contribution in [3.05, 3.63) is 39.9 Å². The molecule has 0 radical (unpaired) electrons. The van der Waals surface area contributed by atoms with Crippen LogP contribution in [-0.4, -0.2) is 38.5 Å². The van der Waals surface area contributed by atoms with Crippen molar-refractivity contribution in [2.24, 2.45) is 0 Å². The summed E-state index contributed by atoms with van der Waals surface area (Å²) in [5.41, 5.74) is 0.169. The maximum absolute atomic E-state index is 11.3. The van der Waals surface area contributed by atoms with E-state index < -0.39 is 34.4 Å². The molecule has 0 fully saturated rings. The van der Waals surface area contributed by atoms with Crippen molar-refractivity contribution >= 4 is 34.8 Å². The molecule has 3 N–H and O–H groups in total. The number of non-ortho nitro benzene ring substituents is 1. The van der Waals surface area contributed by atoms with Crippen molar-refractivity contribution in [3.8, 4) is 0 Å². The summed E-state index contributed by atoms with van der Waals surface area (Å²) in [6.07, 6.45) is -1.25. The van der Waals surface area contributed by atoms with E-state index >= 15 is 0 Å². The number of aliphatic hydroxyl groups is 2. The van der Waals surface area contributed by atoms with Crippen LogP contribution >= 0.6 is 23.2 Å². The molecule has 0 bridgehead atoms. The zero-order valence-electron chi connectivity index (χ0n) is 12.1. The molecular formula is C11H13Cl2N2NaO5. The summed E-state index contributed by atoms with van der Waals surface area (Å²) >= 11 is 10.7. The van der Waals surface area contributed by atoms with Gasteiger partial charge in [0.05, 0.1) is 17.6 Å². The van der Waals surface area contributed by atoms with Crippen molar-refractivity contribution in [3.63, 3.8) is 0 Å². The first-order chi connectivity index (χ1) is 9.36. The van der Waals surface area contributed by atoms with E-state index in [1.54, 1.807) is 0 Å². The SMILES string of the molecule is O=C(NC(CO)C(O)c1ccc([N+](=O)[O-])cc1)C(Cl)Cl.[H-].[Na+]. The number of alkyl halides is 2. The zero-order valence-corrected chi connectivity index (χ0v) is 14.6. The number of carbonyl (C=O) groups excluding carboxylic acids is 1. The minimum atomic E-state index is -1.33. The van der Waals surface area contributed by atoms with Gasteiger partial charge in [0.25, 0.3) is 11.6 Å². The first-order valence-corrected chi connectivity index (χ1v) is 6.36. The van der Waals surface area contributed by atoms with Crippen LogP contribution in [0.5, 0.6) is 0 Å². The van der Waals surface area contributed by atoms with E-state index in [2.05, 4.69) is 5.32 Å². The second-order valence-corrected chi connectivity index (χ2v) is 4.99. The standard InChI is InChI=1S/C11H12Cl2N2O5.Na.H/c12-10(13)11(18)14-8(5-16)9(17)6-1-3-7(4-2-6)15(19)20;;/h1-4,8-10,16-17H,5H2,(H,14,18);;/q;+1;-1. The number of halogens is 2. The Hall–Kier alpha value is -0.410. The largest absolute Gasteiger partial charge is 1.00 e. The molecule has 0 heterocycles. The Morgan fingerprint density at radius 3 is 2.29 bits per heavy atom. The third-order valence-electron chi connectivity index (χ3n) is 2.55. The van der Waals surface area contributed by atoms with Crippen molar-refractivity contribution < 1.29 is 50.9 Å². The summed E-state index contributed by atoms with van der Waals surface area (Å²) in [5, 5.41) is 31.9. The molecule has 1 aromatic carbocycles. The predicted molar refractivity (Wildman–Crippen MR) is 73.7 cm³/mol. The zero-order chi connectivity index (χ0) is 15.3. The van der Waals surface area contributed by atoms with Gasteiger partial charge in [-0.2, -0.15) is 0 Å². The molecule has 1 aromatic rings. The van der Waals surface area contributed by atoms with Gasteiger partial charge in [-0.05, 0) is 17.7 Å². The number of nitrogens with zero attached hydrogens (tertiary/aromatic N) is 1. The van der Waals surface area contributed by atoms with Gasteiger partial charge in [-0.15, -0.1) is 0 Å². The molecule has 0 aliphatic carbocycles. The van der Waals surface area contributed by atoms with E-state index in [4.69, 9.17) is 28.3 Å². The van der Waals surface area contributed by atoms with Gasteiger partial charge in [0.15, 0.2) is 4.84 Å². The van der Waals surface area contributed by atoms with Gasteiger partial charge in [0.2, 0.25) is 0 Å². The molecule has 0 aliphatic rings. The van der Waals surface area contributed by atoms with E-state index in [1.807, 2.05) is 0 Å². The van der Waals surface area contributed by atoms with Crippen LogP contribution in [0, 0.1) is 10.1 Å². The molecule has 2 unspecified atom stereocenters. The molecule has 0 aromatic heterocycles. The van der Waals surface area contributed by atoms with E-state index in [0.717, 1.165) is 0 Å². The first-order valence-electron chi connectivity index (χ1n) is 5.48. The van der Waals surface area contributed by atoms with Crippen LogP contribution in [0.25, 0.3) is 0 Å². The van der Waals surface area contributed by atoms with Crippen molar-refractivity contribution in [1.29, 1.82) is 0 Å². The van der Waals surface area contributed by atoms with Crippen LogP contribution in [0.4, 0.5) is 5.69 Å². The Morgan fingerprint density at radius 2 is 1.90 bits per heavy atom. The molecule has 7 nitrogen and oxygen atoms in total. The molecule has 21 heavy (non-hydrogen) atoms. The number of nitro benzene ring substituents is 1. The minimum Gasteiger partial charge on any atom is -1.00 e. The molecule has 10 heteroatoms. The second kappa shape index (κ2) is 9.58. The van der Waals surface area contributed by atoms with Gasteiger partial charge in [-0.3, -0.25) is 14.9 Å². The van der Waals surface area contributed by atoms with E-state index in [0.29, 0.717) is 5.56 Å². The average Bonchev–Trinajstić information content (AvgIpc) is 2.43. The number of nitro groups is 1. The van der Waals surface area contributed by atoms with E-state index in [9.17, 15) is 20.0 Å². The molecule has 0 saturated carbocycles. The van der Waals surface area contributed by atoms with Gasteiger partial charge >= 0.3 is 29.6 Å².